The van der Waals surface area contributed by atoms with Crippen molar-refractivity contribution in [1.29, 1.82) is 0 Å². The first kappa shape index (κ1) is 20.6. The van der Waals surface area contributed by atoms with E-state index < -0.39 is 10.0 Å². The summed E-state index contributed by atoms with van der Waals surface area (Å²) in [6, 6.07) is 0.423. The summed E-state index contributed by atoms with van der Waals surface area (Å²) in [5.74, 6) is 0.925. The topological polar surface area (TPSA) is 82.6 Å². The molecule has 3 N–H and O–H groups in total. The van der Waals surface area contributed by atoms with E-state index in [0.29, 0.717) is 25.6 Å². The Morgan fingerprint density at radius 1 is 1.29 bits per heavy atom. The molecular weight excluding hydrogens is 403 g/mol. The average molecular weight is 430 g/mol. The summed E-state index contributed by atoms with van der Waals surface area (Å²) in [5, 5.41) is 6.57. The molecule has 0 atom stereocenters. The number of aliphatic imine (C=N–C) groups is 1. The second-order valence-electron chi connectivity index (χ2n) is 4.70. The maximum absolute atomic E-state index is 11.3. The number of hydrogen-bond donors (Lipinski definition) is 3. The third kappa shape index (κ3) is 9.30. The van der Waals surface area contributed by atoms with Gasteiger partial charge in [-0.15, -0.1) is 24.0 Å². The molecule has 0 saturated carbocycles. The van der Waals surface area contributed by atoms with Crippen molar-refractivity contribution in [2.24, 2.45) is 4.99 Å². The van der Waals surface area contributed by atoms with Crippen LogP contribution in [0.1, 0.15) is 33.1 Å². The van der Waals surface area contributed by atoms with Gasteiger partial charge in [0.2, 0.25) is 10.0 Å². The fraction of sp³-hybridized carbons (Fsp3) is 0.769. The first-order valence-corrected chi connectivity index (χ1v) is 8.89. The molecule has 0 fully saturated rings. The lowest BCUT2D eigenvalue weighted by Gasteiger charge is -2.16. The first-order valence-electron chi connectivity index (χ1n) is 7.24. The minimum atomic E-state index is -3.09. The van der Waals surface area contributed by atoms with Crippen LogP contribution in [0.4, 0.5) is 0 Å². The van der Waals surface area contributed by atoms with E-state index in [4.69, 9.17) is 0 Å². The molecule has 1 rings (SSSR count). The number of rotatable bonds is 8. The molecule has 0 aromatic carbocycles. The van der Waals surface area contributed by atoms with Crippen LogP contribution in [0.25, 0.3) is 0 Å². The first-order chi connectivity index (χ1) is 9.57. The molecule has 0 aromatic heterocycles. The van der Waals surface area contributed by atoms with Crippen molar-refractivity contribution in [2.75, 3.05) is 25.4 Å². The molecule has 0 unspecified atom stereocenters. The van der Waals surface area contributed by atoms with Crippen LogP contribution in [-0.4, -0.2) is 45.8 Å². The van der Waals surface area contributed by atoms with Crippen molar-refractivity contribution < 1.29 is 8.42 Å². The van der Waals surface area contributed by atoms with Gasteiger partial charge in [0.05, 0.1) is 5.75 Å². The van der Waals surface area contributed by atoms with Crippen LogP contribution < -0.4 is 15.4 Å². The van der Waals surface area contributed by atoms with Gasteiger partial charge in [-0.1, -0.05) is 12.2 Å². The van der Waals surface area contributed by atoms with E-state index in [2.05, 4.69) is 32.5 Å². The van der Waals surface area contributed by atoms with Gasteiger partial charge in [0.1, 0.15) is 0 Å². The van der Waals surface area contributed by atoms with E-state index in [-0.39, 0.29) is 29.7 Å². The number of halogens is 1. The van der Waals surface area contributed by atoms with Crippen LogP contribution in [0.3, 0.4) is 0 Å². The lowest BCUT2D eigenvalue weighted by molar-refractivity contribution is 0.580. The predicted molar refractivity (Wildman–Crippen MR) is 98.8 cm³/mol. The van der Waals surface area contributed by atoms with Crippen molar-refractivity contribution in [3.05, 3.63) is 12.2 Å². The third-order valence-corrected chi connectivity index (χ3v) is 4.40. The summed E-state index contributed by atoms with van der Waals surface area (Å²) in [5.41, 5.74) is 0. The maximum Gasteiger partial charge on any atom is 0.211 e. The van der Waals surface area contributed by atoms with E-state index in [9.17, 15) is 8.42 Å². The van der Waals surface area contributed by atoms with E-state index in [0.717, 1.165) is 25.3 Å². The molecule has 124 valence electrons. The fourth-order valence-corrected chi connectivity index (χ4v) is 2.51. The molecule has 0 heterocycles. The van der Waals surface area contributed by atoms with Gasteiger partial charge in [0.15, 0.2) is 5.96 Å². The average Bonchev–Trinajstić information content (AvgIpc) is 2.91. The Labute approximate surface area is 145 Å². The SMILES string of the molecule is CCNC(=NCCCNS(=O)(=O)CC)NC1CC=CC1.I. The van der Waals surface area contributed by atoms with Crippen LogP contribution in [0.2, 0.25) is 0 Å². The fourth-order valence-electron chi connectivity index (χ4n) is 1.85. The molecule has 0 radical (unpaired) electrons. The molecule has 21 heavy (non-hydrogen) atoms. The van der Waals surface area contributed by atoms with Gasteiger partial charge < -0.3 is 10.6 Å². The van der Waals surface area contributed by atoms with Crippen LogP contribution in [-0.2, 0) is 10.0 Å². The summed E-state index contributed by atoms with van der Waals surface area (Å²) in [6.45, 7) is 5.50. The smallest absolute Gasteiger partial charge is 0.211 e. The zero-order valence-corrected chi connectivity index (χ0v) is 15.9. The standard InChI is InChI=1S/C13H26N4O2S.HI/c1-3-14-13(17-12-8-5-6-9-12)15-10-7-11-16-20(18,19)4-2;/h5-6,12,16H,3-4,7-11H2,1-2H3,(H2,14,15,17);1H. The van der Waals surface area contributed by atoms with Crippen molar-refractivity contribution in [3.8, 4) is 0 Å². The highest BCUT2D eigenvalue weighted by Gasteiger charge is 2.11. The van der Waals surface area contributed by atoms with Crippen molar-refractivity contribution in [3.63, 3.8) is 0 Å². The molecule has 6 nitrogen and oxygen atoms in total. The molecule has 0 amide bonds. The van der Waals surface area contributed by atoms with Gasteiger partial charge in [-0.2, -0.15) is 0 Å². The summed E-state index contributed by atoms with van der Waals surface area (Å²) < 4.78 is 25.0. The highest BCUT2D eigenvalue weighted by Crippen LogP contribution is 2.08. The Bertz CT molecular complexity index is 429. The van der Waals surface area contributed by atoms with Crippen LogP contribution in [0.5, 0.6) is 0 Å². The Hall–Kier alpha value is -0.350. The van der Waals surface area contributed by atoms with E-state index in [1.807, 2.05) is 6.92 Å². The monoisotopic (exact) mass is 430 g/mol. The largest absolute Gasteiger partial charge is 0.357 e. The van der Waals surface area contributed by atoms with Gasteiger partial charge in [-0.25, -0.2) is 13.1 Å². The highest BCUT2D eigenvalue weighted by atomic mass is 127. The summed E-state index contributed by atoms with van der Waals surface area (Å²) in [6.07, 6.45) is 7.08. The minimum Gasteiger partial charge on any atom is -0.357 e. The van der Waals surface area contributed by atoms with Gasteiger partial charge in [0, 0.05) is 25.7 Å². The van der Waals surface area contributed by atoms with Crippen molar-refractivity contribution in [1.82, 2.24) is 15.4 Å². The van der Waals surface area contributed by atoms with E-state index in [1.54, 1.807) is 6.92 Å². The number of nitrogens with zero attached hydrogens (tertiary/aromatic N) is 1. The molecule has 0 saturated heterocycles. The van der Waals surface area contributed by atoms with Gasteiger partial charge in [-0.3, -0.25) is 4.99 Å². The molecule has 0 aromatic rings. The zero-order chi connectivity index (χ0) is 14.8. The lowest BCUT2D eigenvalue weighted by atomic mass is 10.2. The molecule has 0 aliphatic heterocycles. The predicted octanol–water partition coefficient (Wildman–Crippen LogP) is 1.21. The number of hydrogen-bond acceptors (Lipinski definition) is 3. The Morgan fingerprint density at radius 2 is 1.95 bits per heavy atom. The van der Waals surface area contributed by atoms with Gasteiger partial charge in [-0.05, 0) is 33.1 Å². The number of sulfonamides is 1. The van der Waals surface area contributed by atoms with Crippen LogP contribution >= 0.6 is 24.0 Å². The van der Waals surface area contributed by atoms with E-state index >= 15 is 0 Å². The molecule has 1 aliphatic rings. The quantitative estimate of drug-likeness (QED) is 0.178. The number of nitrogens with one attached hydrogen (secondary N) is 3. The Morgan fingerprint density at radius 3 is 2.52 bits per heavy atom. The second-order valence-corrected chi connectivity index (χ2v) is 6.79. The summed E-state index contributed by atoms with van der Waals surface area (Å²) in [4.78, 5) is 4.45. The maximum atomic E-state index is 11.3. The second kappa shape index (κ2) is 11.2. The van der Waals surface area contributed by atoms with Crippen molar-refractivity contribution >= 4 is 40.0 Å². The molecule has 0 bridgehead atoms. The lowest BCUT2D eigenvalue weighted by Crippen LogP contribution is -2.42. The van der Waals surface area contributed by atoms with Crippen molar-refractivity contribution in [2.45, 2.75) is 39.2 Å². The molecule has 0 spiro atoms. The summed E-state index contributed by atoms with van der Waals surface area (Å²) >= 11 is 0. The van der Waals surface area contributed by atoms with E-state index in [1.165, 1.54) is 0 Å². The Kier molecular flexibility index (Phi) is 11.1. The van der Waals surface area contributed by atoms with Gasteiger partial charge >= 0.3 is 0 Å². The minimum absolute atomic E-state index is 0. The molecule has 1 aliphatic carbocycles. The van der Waals surface area contributed by atoms with Gasteiger partial charge in [0.25, 0.3) is 0 Å². The molecular formula is C13H27IN4O2S. The Balaban J connectivity index is 0.00000400. The summed E-state index contributed by atoms with van der Waals surface area (Å²) in [7, 11) is -3.09. The third-order valence-electron chi connectivity index (χ3n) is 3.00. The normalized spacial score (nSPS) is 15.8. The van der Waals surface area contributed by atoms with Crippen LogP contribution in [0, 0.1) is 0 Å². The zero-order valence-electron chi connectivity index (χ0n) is 12.8. The highest BCUT2D eigenvalue weighted by molar-refractivity contribution is 14.0. The number of guanidine groups is 1. The van der Waals surface area contributed by atoms with Crippen LogP contribution in [0.15, 0.2) is 17.1 Å². The molecule has 8 heteroatoms.